The summed E-state index contributed by atoms with van der Waals surface area (Å²) in [6.45, 7) is 4.44. The Morgan fingerprint density at radius 3 is 2.88 bits per heavy atom. The average molecular weight is 216 g/mol. The van der Waals surface area contributed by atoms with Gasteiger partial charge in [0.25, 0.3) is 0 Å². The van der Waals surface area contributed by atoms with Crippen LogP contribution >= 0.6 is 0 Å². The van der Waals surface area contributed by atoms with Crippen LogP contribution in [0.15, 0.2) is 18.2 Å². The van der Waals surface area contributed by atoms with Crippen LogP contribution in [0.1, 0.15) is 23.1 Å². The summed E-state index contributed by atoms with van der Waals surface area (Å²) in [5.74, 6) is -0.0241. The van der Waals surface area contributed by atoms with Crippen molar-refractivity contribution in [1.82, 2.24) is 5.32 Å². The first-order chi connectivity index (χ1) is 7.63. The first kappa shape index (κ1) is 12.3. The lowest BCUT2D eigenvalue weighted by Gasteiger charge is -2.07. The Morgan fingerprint density at radius 1 is 1.44 bits per heavy atom. The van der Waals surface area contributed by atoms with E-state index < -0.39 is 0 Å². The second kappa shape index (κ2) is 5.92. The summed E-state index contributed by atoms with van der Waals surface area (Å²) in [7, 11) is 0. The third kappa shape index (κ3) is 3.74. The van der Waals surface area contributed by atoms with Crippen LogP contribution in [0.2, 0.25) is 0 Å². The summed E-state index contributed by atoms with van der Waals surface area (Å²) in [5.41, 5.74) is 3.33. The van der Waals surface area contributed by atoms with Gasteiger partial charge >= 0.3 is 0 Å². The van der Waals surface area contributed by atoms with Crippen molar-refractivity contribution in [3.8, 4) is 6.07 Å². The van der Waals surface area contributed by atoms with E-state index in [-0.39, 0.29) is 5.91 Å². The molecule has 1 amide bonds. The van der Waals surface area contributed by atoms with Crippen LogP contribution in [0.3, 0.4) is 0 Å². The highest BCUT2D eigenvalue weighted by Gasteiger charge is 2.05. The monoisotopic (exact) mass is 216 g/mol. The van der Waals surface area contributed by atoms with Gasteiger partial charge in [0.15, 0.2) is 0 Å². The van der Waals surface area contributed by atoms with Crippen molar-refractivity contribution in [3.05, 3.63) is 34.9 Å². The summed E-state index contributed by atoms with van der Waals surface area (Å²) in [6.07, 6.45) is 0.748. The lowest BCUT2D eigenvalue weighted by molar-refractivity contribution is -0.120. The summed E-state index contributed by atoms with van der Waals surface area (Å²) in [4.78, 5) is 11.5. The van der Waals surface area contributed by atoms with Crippen molar-refractivity contribution >= 4 is 5.91 Å². The number of hydrogen-bond donors (Lipinski definition) is 1. The number of nitrogens with one attached hydrogen (secondary N) is 1. The molecule has 0 aliphatic heterocycles. The maximum Gasteiger partial charge on any atom is 0.224 e. The van der Waals surface area contributed by atoms with Crippen LogP contribution in [-0.4, -0.2) is 12.5 Å². The van der Waals surface area contributed by atoms with Crippen molar-refractivity contribution in [2.24, 2.45) is 0 Å². The van der Waals surface area contributed by atoms with Crippen molar-refractivity contribution in [2.45, 2.75) is 26.7 Å². The van der Waals surface area contributed by atoms with Crippen LogP contribution in [0.4, 0.5) is 0 Å². The fourth-order valence-electron chi connectivity index (χ4n) is 1.48. The predicted octanol–water partition coefficient (Wildman–Crippen LogP) is 1.88. The smallest absolute Gasteiger partial charge is 0.224 e. The third-order valence-corrected chi connectivity index (χ3v) is 2.41. The second-order valence-corrected chi connectivity index (χ2v) is 3.86. The number of benzene rings is 1. The molecule has 0 saturated heterocycles. The van der Waals surface area contributed by atoms with Gasteiger partial charge in [-0.1, -0.05) is 23.8 Å². The number of aryl methyl sites for hydroxylation is 2. The van der Waals surface area contributed by atoms with E-state index >= 15 is 0 Å². The standard InChI is InChI=1S/C13H16N2O/c1-10-4-5-11(2)12(8-10)9-13(16)15-7-3-6-14/h4-5,8H,3,7,9H2,1-2H3,(H,15,16). The summed E-state index contributed by atoms with van der Waals surface area (Å²) < 4.78 is 0. The van der Waals surface area contributed by atoms with Gasteiger partial charge in [0.2, 0.25) is 5.91 Å². The molecular formula is C13H16N2O. The van der Waals surface area contributed by atoms with Gasteiger partial charge in [-0.05, 0) is 25.0 Å². The molecule has 1 aromatic rings. The molecule has 84 valence electrons. The molecule has 0 atom stereocenters. The minimum atomic E-state index is -0.0241. The van der Waals surface area contributed by atoms with Crippen LogP contribution in [0.5, 0.6) is 0 Å². The maximum atomic E-state index is 11.5. The van der Waals surface area contributed by atoms with Gasteiger partial charge in [-0.3, -0.25) is 4.79 Å². The Labute approximate surface area is 96.1 Å². The highest BCUT2D eigenvalue weighted by Crippen LogP contribution is 2.11. The number of rotatable bonds is 4. The van der Waals surface area contributed by atoms with Gasteiger partial charge in [0.1, 0.15) is 0 Å². The van der Waals surface area contributed by atoms with Crippen molar-refractivity contribution < 1.29 is 4.79 Å². The van der Waals surface area contributed by atoms with Gasteiger partial charge < -0.3 is 5.32 Å². The van der Waals surface area contributed by atoms with Crippen molar-refractivity contribution in [1.29, 1.82) is 5.26 Å². The molecule has 1 aromatic carbocycles. The molecule has 0 spiro atoms. The number of amides is 1. The van der Waals surface area contributed by atoms with Gasteiger partial charge in [-0.2, -0.15) is 5.26 Å². The van der Waals surface area contributed by atoms with E-state index in [0.29, 0.717) is 19.4 Å². The number of hydrogen-bond acceptors (Lipinski definition) is 2. The van der Waals surface area contributed by atoms with E-state index in [1.807, 2.05) is 38.1 Å². The van der Waals surface area contributed by atoms with Gasteiger partial charge in [0.05, 0.1) is 18.9 Å². The predicted molar refractivity (Wildman–Crippen MR) is 62.9 cm³/mol. The highest BCUT2D eigenvalue weighted by molar-refractivity contribution is 5.78. The Morgan fingerprint density at radius 2 is 2.19 bits per heavy atom. The number of carbonyl (C=O) groups excluding carboxylic acids is 1. The molecule has 0 heterocycles. The Bertz CT molecular complexity index is 418. The first-order valence-electron chi connectivity index (χ1n) is 5.33. The zero-order chi connectivity index (χ0) is 12.0. The summed E-state index contributed by atoms with van der Waals surface area (Å²) in [6, 6.07) is 8.07. The molecule has 0 aliphatic rings. The third-order valence-electron chi connectivity index (χ3n) is 2.41. The molecule has 1 rings (SSSR count). The minimum Gasteiger partial charge on any atom is -0.355 e. The topological polar surface area (TPSA) is 52.9 Å². The van der Waals surface area contributed by atoms with E-state index in [2.05, 4.69) is 5.32 Å². The average Bonchev–Trinajstić information content (AvgIpc) is 2.24. The van der Waals surface area contributed by atoms with Crippen LogP contribution in [0.25, 0.3) is 0 Å². The Kier molecular flexibility index (Phi) is 4.53. The maximum absolute atomic E-state index is 11.5. The Balaban J connectivity index is 2.56. The molecule has 0 bridgehead atoms. The molecule has 0 aromatic heterocycles. The van der Waals surface area contributed by atoms with Crippen molar-refractivity contribution in [3.63, 3.8) is 0 Å². The van der Waals surface area contributed by atoms with E-state index in [0.717, 1.165) is 16.7 Å². The number of nitrogens with zero attached hydrogens (tertiary/aromatic N) is 1. The van der Waals surface area contributed by atoms with E-state index in [9.17, 15) is 4.79 Å². The second-order valence-electron chi connectivity index (χ2n) is 3.86. The summed E-state index contributed by atoms with van der Waals surface area (Å²) >= 11 is 0. The lowest BCUT2D eigenvalue weighted by atomic mass is 10.0. The molecule has 0 aliphatic carbocycles. The fourth-order valence-corrected chi connectivity index (χ4v) is 1.48. The zero-order valence-corrected chi connectivity index (χ0v) is 9.71. The normalized spacial score (nSPS) is 9.56. The molecule has 0 radical (unpaired) electrons. The van der Waals surface area contributed by atoms with Crippen molar-refractivity contribution in [2.75, 3.05) is 6.54 Å². The molecule has 16 heavy (non-hydrogen) atoms. The van der Waals surface area contributed by atoms with E-state index in [4.69, 9.17) is 5.26 Å². The first-order valence-corrected chi connectivity index (χ1v) is 5.33. The molecule has 0 fully saturated rings. The van der Waals surface area contributed by atoms with E-state index in [1.54, 1.807) is 0 Å². The van der Waals surface area contributed by atoms with Crippen LogP contribution < -0.4 is 5.32 Å². The quantitative estimate of drug-likeness (QED) is 0.781. The highest BCUT2D eigenvalue weighted by atomic mass is 16.1. The molecular weight excluding hydrogens is 200 g/mol. The molecule has 3 nitrogen and oxygen atoms in total. The van der Waals surface area contributed by atoms with E-state index in [1.165, 1.54) is 0 Å². The van der Waals surface area contributed by atoms with Gasteiger partial charge in [-0.25, -0.2) is 0 Å². The van der Waals surface area contributed by atoms with Gasteiger partial charge in [-0.15, -0.1) is 0 Å². The minimum absolute atomic E-state index is 0.0241. The molecule has 1 N–H and O–H groups in total. The number of nitriles is 1. The molecule has 3 heteroatoms. The zero-order valence-electron chi connectivity index (χ0n) is 9.71. The lowest BCUT2D eigenvalue weighted by Crippen LogP contribution is -2.26. The molecule has 0 saturated carbocycles. The largest absolute Gasteiger partial charge is 0.355 e. The molecule has 0 unspecified atom stereocenters. The summed E-state index contributed by atoms with van der Waals surface area (Å²) in [5, 5.41) is 11.1. The van der Waals surface area contributed by atoms with Crippen LogP contribution in [-0.2, 0) is 11.2 Å². The van der Waals surface area contributed by atoms with Gasteiger partial charge in [0, 0.05) is 6.54 Å². The SMILES string of the molecule is Cc1ccc(C)c(CC(=O)NCCC#N)c1. The van der Waals surface area contributed by atoms with Crippen LogP contribution in [0, 0.1) is 25.2 Å². The Hall–Kier alpha value is -1.82. The fraction of sp³-hybridized carbons (Fsp3) is 0.385. The number of carbonyl (C=O) groups is 1.